The van der Waals surface area contributed by atoms with Crippen LogP contribution in [-0.2, 0) is 33.2 Å². The summed E-state index contributed by atoms with van der Waals surface area (Å²) in [6.07, 6.45) is 45.3. The predicted molar refractivity (Wildman–Crippen MR) is 379 cm³/mol. The number of aliphatic hydroxyl groups excluding tert-OH is 11. The average Bonchev–Trinajstić information content (AvgIpc) is 0.786. The highest BCUT2D eigenvalue weighted by molar-refractivity contribution is 5.76. The van der Waals surface area contributed by atoms with Crippen LogP contribution >= 0.6 is 0 Å². The Morgan fingerprint density at radius 2 is 0.698 bits per heavy atom. The Morgan fingerprint density at radius 1 is 0.375 bits per heavy atom. The Balaban J connectivity index is 1.38. The van der Waals surface area contributed by atoms with Gasteiger partial charge in [0.15, 0.2) is 18.9 Å². The van der Waals surface area contributed by atoms with Crippen LogP contribution < -0.4 is 5.32 Å². The Kier molecular flexibility index (Phi) is 53.4. The molecule has 1 amide bonds. The molecule has 562 valence electrons. The van der Waals surface area contributed by atoms with Crippen molar-refractivity contribution in [2.24, 2.45) is 0 Å². The van der Waals surface area contributed by atoms with E-state index in [1.165, 1.54) is 225 Å². The summed E-state index contributed by atoms with van der Waals surface area (Å²) in [5.74, 6) is -0.281. The minimum atomic E-state index is -1.98. The fraction of sp³-hybridized carbons (Fsp3) is 0.883. The van der Waals surface area contributed by atoms with E-state index in [2.05, 4.69) is 55.6 Å². The molecule has 0 spiro atoms. The Labute approximate surface area is 580 Å². The van der Waals surface area contributed by atoms with Gasteiger partial charge in [0, 0.05) is 6.42 Å². The van der Waals surface area contributed by atoms with Crippen molar-refractivity contribution in [2.75, 3.05) is 26.4 Å². The summed E-state index contributed by atoms with van der Waals surface area (Å²) < 4.78 is 34.4. The maximum atomic E-state index is 13.5. The molecule has 0 aliphatic carbocycles. The molecule has 0 bridgehead atoms. The number of carbonyl (C=O) groups is 1. The summed E-state index contributed by atoms with van der Waals surface area (Å²) >= 11 is 0. The number of carbonyl (C=O) groups excluding carboxylic acids is 1. The Hall–Kier alpha value is -2.25. The summed E-state index contributed by atoms with van der Waals surface area (Å²) in [5, 5.41) is 121. The van der Waals surface area contributed by atoms with Crippen LogP contribution in [-0.4, -0.2) is 193 Å². The molecule has 0 aromatic carbocycles. The predicted octanol–water partition coefficient (Wildman–Crippen LogP) is 12.1. The van der Waals surface area contributed by atoms with Crippen molar-refractivity contribution in [2.45, 2.75) is 407 Å². The molecule has 96 heavy (non-hydrogen) atoms. The van der Waals surface area contributed by atoms with Gasteiger partial charge in [0.05, 0.1) is 38.6 Å². The van der Waals surface area contributed by atoms with E-state index < -0.39 is 124 Å². The van der Waals surface area contributed by atoms with Crippen LogP contribution in [0.2, 0.25) is 0 Å². The van der Waals surface area contributed by atoms with Gasteiger partial charge in [-0.05, 0) is 64.2 Å². The standard InChI is InChI=1S/C77H141NO18/c1-3-5-7-9-11-13-15-17-19-21-23-25-26-27-28-29-30-31-32-33-34-35-37-39-41-43-45-47-49-51-53-55-65(83)78-60(61(82)54-52-50-48-46-44-42-40-38-36-24-22-20-18-16-14-12-10-8-6-4-2)59-91-75-71(89)68(86)73(63(57-80)93-75)96-77-72(90)69(87)74(64(58-81)94-77)95-76-70(88)67(85)66(84)62(56-79)92-76/h15,17,21,23,44,46,52,54,60-64,66-77,79-82,84-90H,3-14,16,18-20,22,24-43,45,47-51,53,55-59H2,1-2H3,(H,78,83)/b17-15-,23-21-,46-44+,54-52+. The van der Waals surface area contributed by atoms with E-state index in [1.807, 2.05) is 6.08 Å². The molecule has 3 fully saturated rings. The molecule has 17 unspecified atom stereocenters. The van der Waals surface area contributed by atoms with Crippen molar-refractivity contribution in [3.05, 3.63) is 48.6 Å². The first-order chi connectivity index (χ1) is 46.8. The van der Waals surface area contributed by atoms with E-state index >= 15 is 0 Å². The van der Waals surface area contributed by atoms with Crippen LogP contribution in [0.1, 0.15) is 303 Å². The first kappa shape index (κ1) is 88.0. The molecule has 0 radical (unpaired) electrons. The largest absolute Gasteiger partial charge is 0.394 e. The summed E-state index contributed by atoms with van der Waals surface area (Å²) in [7, 11) is 0. The molecule has 3 aliphatic heterocycles. The maximum absolute atomic E-state index is 13.5. The summed E-state index contributed by atoms with van der Waals surface area (Å²) in [4.78, 5) is 13.5. The molecule has 19 heteroatoms. The van der Waals surface area contributed by atoms with Crippen molar-refractivity contribution in [1.82, 2.24) is 5.32 Å². The van der Waals surface area contributed by atoms with Crippen LogP contribution in [0.25, 0.3) is 0 Å². The first-order valence-corrected chi connectivity index (χ1v) is 38.9. The lowest BCUT2D eigenvalue weighted by Gasteiger charge is -2.48. The van der Waals surface area contributed by atoms with Crippen LogP contribution in [0, 0.1) is 0 Å². The lowest BCUT2D eigenvalue weighted by Crippen LogP contribution is -2.66. The number of amides is 1. The second-order valence-electron chi connectivity index (χ2n) is 27.8. The number of aliphatic hydroxyl groups is 11. The highest BCUT2D eigenvalue weighted by Crippen LogP contribution is 2.33. The maximum Gasteiger partial charge on any atom is 0.220 e. The zero-order valence-corrected chi connectivity index (χ0v) is 59.9. The molecule has 19 nitrogen and oxygen atoms in total. The molecule has 3 rings (SSSR count). The number of ether oxygens (including phenoxy) is 6. The van der Waals surface area contributed by atoms with Crippen LogP contribution in [0.4, 0.5) is 0 Å². The van der Waals surface area contributed by atoms with E-state index in [9.17, 15) is 61.0 Å². The quantitative estimate of drug-likeness (QED) is 0.0199. The third-order valence-electron chi connectivity index (χ3n) is 19.3. The van der Waals surface area contributed by atoms with Gasteiger partial charge in [-0.2, -0.15) is 0 Å². The summed E-state index contributed by atoms with van der Waals surface area (Å²) in [6.45, 7) is 1.74. The SMILES string of the molecule is CCCCCCC/C=C\C/C=C\CCCCCCCCCCCCCCCCCCCCCC(=O)NC(COC1OC(CO)C(OC2OC(CO)C(OC3OC(CO)C(O)C(O)C3O)C(O)C2O)C(O)C1O)C(O)/C=C/CC/C=C/CCCCCCCCCCCCCCCC. The zero-order valence-electron chi connectivity index (χ0n) is 59.9. The Bertz CT molecular complexity index is 1930. The number of nitrogens with one attached hydrogen (secondary N) is 1. The van der Waals surface area contributed by atoms with Crippen molar-refractivity contribution >= 4 is 5.91 Å². The van der Waals surface area contributed by atoms with E-state index in [0.29, 0.717) is 12.8 Å². The summed E-state index contributed by atoms with van der Waals surface area (Å²) in [6, 6.07) is -0.990. The van der Waals surface area contributed by atoms with E-state index in [1.54, 1.807) is 6.08 Å². The minimum absolute atomic E-state index is 0.238. The van der Waals surface area contributed by atoms with E-state index in [-0.39, 0.29) is 18.9 Å². The van der Waals surface area contributed by atoms with Crippen LogP contribution in [0.5, 0.6) is 0 Å². The van der Waals surface area contributed by atoms with Gasteiger partial charge in [-0.1, -0.05) is 281 Å². The van der Waals surface area contributed by atoms with Gasteiger partial charge < -0.3 is 89.9 Å². The van der Waals surface area contributed by atoms with Gasteiger partial charge in [-0.15, -0.1) is 0 Å². The molecule has 3 saturated heterocycles. The number of hydrogen-bond acceptors (Lipinski definition) is 18. The molecule has 3 aliphatic rings. The third kappa shape index (κ3) is 38.7. The summed E-state index contributed by atoms with van der Waals surface area (Å²) in [5.41, 5.74) is 0. The average molecular weight is 1370 g/mol. The van der Waals surface area contributed by atoms with Gasteiger partial charge in [0.1, 0.15) is 73.2 Å². The molecular weight excluding hydrogens is 1230 g/mol. The normalized spacial score (nSPS) is 27.3. The fourth-order valence-electron chi connectivity index (χ4n) is 13.1. The molecular formula is C77H141NO18. The molecule has 0 aromatic heterocycles. The zero-order chi connectivity index (χ0) is 69.6. The lowest BCUT2D eigenvalue weighted by molar-refractivity contribution is -0.379. The molecule has 3 heterocycles. The van der Waals surface area contributed by atoms with Gasteiger partial charge in [-0.3, -0.25) is 4.79 Å². The van der Waals surface area contributed by atoms with Crippen LogP contribution in [0.3, 0.4) is 0 Å². The number of unbranched alkanes of at least 4 members (excludes halogenated alkanes) is 39. The minimum Gasteiger partial charge on any atom is -0.394 e. The second kappa shape index (κ2) is 58.3. The Morgan fingerprint density at radius 3 is 1.10 bits per heavy atom. The van der Waals surface area contributed by atoms with E-state index in [0.717, 1.165) is 44.9 Å². The highest BCUT2D eigenvalue weighted by atomic mass is 16.8. The van der Waals surface area contributed by atoms with Gasteiger partial charge in [0.25, 0.3) is 0 Å². The van der Waals surface area contributed by atoms with Crippen molar-refractivity contribution in [1.29, 1.82) is 0 Å². The number of rotatable bonds is 61. The van der Waals surface area contributed by atoms with Gasteiger partial charge >= 0.3 is 0 Å². The highest BCUT2D eigenvalue weighted by Gasteiger charge is 2.53. The van der Waals surface area contributed by atoms with Gasteiger partial charge in [0.2, 0.25) is 5.91 Å². The van der Waals surface area contributed by atoms with Crippen molar-refractivity contribution < 1.29 is 89.4 Å². The molecule has 17 atom stereocenters. The number of hydrogen-bond donors (Lipinski definition) is 12. The smallest absolute Gasteiger partial charge is 0.220 e. The topological polar surface area (TPSA) is 307 Å². The van der Waals surface area contributed by atoms with Gasteiger partial charge in [-0.25, -0.2) is 0 Å². The molecule has 0 aromatic rings. The fourth-order valence-corrected chi connectivity index (χ4v) is 13.1. The molecule has 12 N–H and O–H groups in total. The second-order valence-corrected chi connectivity index (χ2v) is 27.8. The third-order valence-corrected chi connectivity index (χ3v) is 19.3. The number of allylic oxidation sites excluding steroid dienone is 7. The van der Waals surface area contributed by atoms with Crippen molar-refractivity contribution in [3.8, 4) is 0 Å². The van der Waals surface area contributed by atoms with Crippen molar-refractivity contribution in [3.63, 3.8) is 0 Å². The lowest BCUT2D eigenvalue weighted by atomic mass is 9.96. The monoisotopic (exact) mass is 1370 g/mol. The molecule has 0 saturated carbocycles. The van der Waals surface area contributed by atoms with Crippen LogP contribution in [0.15, 0.2) is 48.6 Å². The first-order valence-electron chi connectivity index (χ1n) is 38.9. The van der Waals surface area contributed by atoms with E-state index in [4.69, 9.17) is 28.4 Å².